The molecule has 1 aliphatic rings. The Labute approximate surface area is 216 Å². The molecule has 37 heavy (non-hydrogen) atoms. The van der Waals surface area contributed by atoms with Crippen LogP contribution in [0.4, 0.5) is 5.69 Å². The van der Waals surface area contributed by atoms with Gasteiger partial charge in [-0.3, -0.25) is 18.9 Å². The topological polar surface area (TPSA) is 159 Å². The molecule has 0 aromatic heterocycles. The summed E-state index contributed by atoms with van der Waals surface area (Å²) in [5.74, 6) is -1.76. The van der Waals surface area contributed by atoms with Crippen LogP contribution in [-0.2, 0) is 46.9 Å². The molecule has 1 aliphatic heterocycles. The third-order valence-electron chi connectivity index (χ3n) is 5.33. The van der Waals surface area contributed by atoms with Crippen LogP contribution in [-0.4, -0.2) is 68.0 Å². The van der Waals surface area contributed by atoms with Crippen molar-refractivity contribution in [3.63, 3.8) is 0 Å². The second-order valence-electron chi connectivity index (χ2n) is 8.36. The number of rotatable bonds is 12. The van der Waals surface area contributed by atoms with Crippen LogP contribution in [0.2, 0.25) is 0 Å². The van der Waals surface area contributed by atoms with Crippen molar-refractivity contribution < 1.29 is 51.7 Å². The van der Waals surface area contributed by atoms with Crippen molar-refractivity contribution in [2.24, 2.45) is 0 Å². The molecule has 2 rings (SSSR count). The lowest BCUT2D eigenvalue weighted by Crippen LogP contribution is -2.62. The van der Waals surface area contributed by atoms with Gasteiger partial charge in [-0.25, -0.2) is 0 Å². The van der Waals surface area contributed by atoms with Gasteiger partial charge in [0, 0.05) is 26.5 Å². The maximum Gasteiger partial charge on any atom is 0.330 e. The standard InChI is InChI=1S/C24H36NO11P/c1-7-30-37(29,31-8-2)12-11-20-21(32-15(4)26)22(33-16(5)27)23(34-17(6)28)24(36-20)35-18-9-10-19(25)14(3)13-18/h9-10,13,20-24H,7-8,11-12,25H2,1-6H3/t20-,21-,22+,23+,24+/m1/s1. The fraction of sp³-hybridized carbons (Fsp3) is 0.625. The molecule has 0 aliphatic carbocycles. The van der Waals surface area contributed by atoms with E-state index in [1.54, 1.807) is 39.0 Å². The summed E-state index contributed by atoms with van der Waals surface area (Å²) in [6, 6.07) is 4.90. The highest BCUT2D eigenvalue weighted by Crippen LogP contribution is 2.49. The Balaban J connectivity index is 2.48. The third kappa shape index (κ3) is 8.99. The van der Waals surface area contributed by atoms with Crippen molar-refractivity contribution in [1.82, 2.24) is 0 Å². The van der Waals surface area contributed by atoms with Gasteiger partial charge in [0.25, 0.3) is 0 Å². The minimum absolute atomic E-state index is 0.0143. The number of anilines is 1. The van der Waals surface area contributed by atoms with Gasteiger partial charge in [-0.2, -0.15) is 0 Å². The number of ether oxygens (including phenoxy) is 5. The molecule has 12 nitrogen and oxygen atoms in total. The molecule has 0 radical (unpaired) electrons. The first-order valence-electron chi connectivity index (χ1n) is 12.0. The first-order chi connectivity index (χ1) is 17.4. The van der Waals surface area contributed by atoms with Gasteiger partial charge >= 0.3 is 25.5 Å². The molecular weight excluding hydrogens is 509 g/mol. The summed E-state index contributed by atoms with van der Waals surface area (Å²) in [7, 11) is -3.50. The number of aryl methyl sites for hydroxylation is 1. The van der Waals surface area contributed by atoms with E-state index in [4.69, 9.17) is 38.5 Å². The van der Waals surface area contributed by atoms with Gasteiger partial charge in [0.15, 0.2) is 12.2 Å². The Bertz CT molecular complexity index is 991. The molecule has 13 heteroatoms. The van der Waals surface area contributed by atoms with Crippen LogP contribution in [0.5, 0.6) is 5.75 Å². The lowest BCUT2D eigenvalue weighted by atomic mass is 9.96. The van der Waals surface area contributed by atoms with Crippen LogP contribution < -0.4 is 10.5 Å². The lowest BCUT2D eigenvalue weighted by Gasteiger charge is -2.44. The van der Waals surface area contributed by atoms with Crippen LogP contribution in [0.15, 0.2) is 18.2 Å². The minimum atomic E-state index is -3.50. The molecule has 0 spiro atoms. The number of carbonyl (C=O) groups is 3. The summed E-state index contributed by atoms with van der Waals surface area (Å²) in [6.07, 6.45) is -6.15. The molecule has 0 saturated carbocycles. The quantitative estimate of drug-likeness (QED) is 0.177. The molecule has 1 fully saturated rings. The van der Waals surface area contributed by atoms with Crippen LogP contribution in [0.25, 0.3) is 0 Å². The zero-order valence-corrected chi connectivity index (χ0v) is 22.9. The highest BCUT2D eigenvalue weighted by molar-refractivity contribution is 7.53. The lowest BCUT2D eigenvalue weighted by molar-refractivity contribution is -0.283. The zero-order chi connectivity index (χ0) is 27.8. The summed E-state index contributed by atoms with van der Waals surface area (Å²) >= 11 is 0. The smallest absolute Gasteiger partial charge is 0.330 e. The maximum atomic E-state index is 13.1. The first kappa shape index (κ1) is 30.6. The molecule has 1 saturated heterocycles. The molecule has 0 amide bonds. The van der Waals surface area contributed by atoms with Crippen molar-refractivity contribution in [2.45, 2.75) is 78.7 Å². The second kappa shape index (κ2) is 13.8. The number of carbonyl (C=O) groups excluding carboxylic acids is 3. The van der Waals surface area contributed by atoms with Gasteiger partial charge in [-0.05, 0) is 51.0 Å². The van der Waals surface area contributed by atoms with Crippen molar-refractivity contribution >= 4 is 31.2 Å². The third-order valence-corrected chi connectivity index (χ3v) is 7.44. The van der Waals surface area contributed by atoms with Crippen LogP contribution in [0.1, 0.15) is 46.6 Å². The number of benzene rings is 1. The summed E-state index contributed by atoms with van der Waals surface area (Å²) in [4.78, 5) is 36.0. The number of esters is 3. The molecule has 1 aromatic carbocycles. The van der Waals surface area contributed by atoms with Crippen LogP contribution >= 0.6 is 7.60 Å². The molecule has 2 N–H and O–H groups in total. The Hall–Kier alpha value is -2.66. The van der Waals surface area contributed by atoms with Gasteiger partial charge in [0.2, 0.25) is 12.4 Å². The monoisotopic (exact) mass is 545 g/mol. The summed E-state index contributed by atoms with van der Waals surface area (Å²) in [5, 5.41) is 0. The maximum absolute atomic E-state index is 13.1. The number of hydrogen-bond acceptors (Lipinski definition) is 12. The fourth-order valence-corrected chi connectivity index (χ4v) is 5.57. The minimum Gasteiger partial charge on any atom is -0.461 e. The molecule has 1 aromatic rings. The second-order valence-corrected chi connectivity index (χ2v) is 10.5. The van der Waals surface area contributed by atoms with Crippen LogP contribution in [0.3, 0.4) is 0 Å². The fourth-order valence-electron chi connectivity index (χ4n) is 3.88. The van der Waals surface area contributed by atoms with E-state index in [2.05, 4.69) is 0 Å². The number of hydrogen-bond donors (Lipinski definition) is 1. The van der Waals surface area contributed by atoms with Crippen molar-refractivity contribution in [1.29, 1.82) is 0 Å². The SMILES string of the molecule is CCOP(=O)(CC[C@H]1O[C@H](Oc2ccc(N)c(C)c2)[C@@H](OC(C)=O)[C@@H](OC(C)=O)[C@@H]1OC(C)=O)OCC. The average Bonchev–Trinajstić information content (AvgIpc) is 2.78. The Kier molecular flexibility index (Phi) is 11.4. The summed E-state index contributed by atoms with van der Waals surface area (Å²) in [5.41, 5.74) is 7.17. The van der Waals surface area contributed by atoms with E-state index in [9.17, 15) is 18.9 Å². The Morgan fingerprint density at radius 1 is 0.919 bits per heavy atom. The zero-order valence-electron chi connectivity index (χ0n) is 22.0. The number of nitrogen functional groups attached to an aromatic ring is 1. The predicted molar refractivity (Wildman–Crippen MR) is 132 cm³/mol. The van der Waals surface area contributed by atoms with E-state index >= 15 is 0 Å². The molecule has 5 atom stereocenters. The van der Waals surface area contributed by atoms with E-state index in [0.717, 1.165) is 12.5 Å². The molecule has 1 heterocycles. The van der Waals surface area contributed by atoms with Gasteiger partial charge in [-0.1, -0.05) is 0 Å². The Morgan fingerprint density at radius 3 is 1.97 bits per heavy atom. The van der Waals surface area contributed by atoms with Crippen molar-refractivity contribution in [3.8, 4) is 5.75 Å². The van der Waals surface area contributed by atoms with Gasteiger partial charge in [0.05, 0.1) is 19.4 Å². The normalized spacial score (nSPS) is 23.7. The highest BCUT2D eigenvalue weighted by atomic mass is 31.2. The predicted octanol–water partition coefficient (Wildman–Crippen LogP) is 3.13. The Morgan fingerprint density at radius 2 is 1.46 bits per heavy atom. The highest BCUT2D eigenvalue weighted by Gasteiger charge is 2.53. The van der Waals surface area contributed by atoms with Crippen LogP contribution in [0, 0.1) is 6.92 Å². The average molecular weight is 546 g/mol. The van der Waals surface area contributed by atoms with E-state index in [0.29, 0.717) is 11.4 Å². The van der Waals surface area contributed by atoms with Gasteiger partial charge in [0.1, 0.15) is 11.9 Å². The largest absolute Gasteiger partial charge is 0.461 e. The summed E-state index contributed by atoms with van der Waals surface area (Å²) < 4.78 is 52.3. The van der Waals surface area contributed by atoms with E-state index in [1.807, 2.05) is 0 Å². The number of nitrogens with two attached hydrogens (primary N) is 1. The van der Waals surface area contributed by atoms with Crippen molar-refractivity contribution in [2.75, 3.05) is 25.1 Å². The van der Waals surface area contributed by atoms with Gasteiger partial charge < -0.3 is 38.5 Å². The first-order valence-corrected chi connectivity index (χ1v) is 13.7. The van der Waals surface area contributed by atoms with E-state index in [1.165, 1.54) is 13.8 Å². The summed E-state index contributed by atoms with van der Waals surface area (Å²) in [6.45, 7) is 8.97. The molecule has 208 valence electrons. The molecular formula is C24H36NO11P. The van der Waals surface area contributed by atoms with Crippen molar-refractivity contribution in [3.05, 3.63) is 23.8 Å². The molecule has 0 unspecified atom stereocenters. The van der Waals surface area contributed by atoms with E-state index in [-0.39, 0.29) is 25.8 Å². The van der Waals surface area contributed by atoms with Gasteiger partial charge in [-0.15, -0.1) is 0 Å². The van der Waals surface area contributed by atoms with E-state index < -0.39 is 56.2 Å². The molecule has 0 bridgehead atoms.